The number of thiocarbonyl (C=S) groups is 1. The van der Waals surface area contributed by atoms with Gasteiger partial charge in [-0.15, -0.1) is 10.2 Å². The summed E-state index contributed by atoms with van der Waals surface area (Å²) in [6.45, 7) is 1.72. The number of rotatable bonds is 4. The number of hydrogen-bond donors (Lipinski definition) is 2. The number of fused-ring (bicyclic) bond motifs is 1. The van der Waals surface area contributed by atoms with Gasteiger partial charge in [-0.2, -0.15) is 13.6 Å². The van der Waals surface area contributed by atoms with Crippen LogP contribution in [0.4, 0.5) is 23.2 Å². The summed E-state index contributed by atoms with van der Waals surface area (Å²) in [5, 5.41) is 13.7. The van der Waals surface area contributed by atoms with Crippen LogP contribution in [0.2, 0.25) is 5.02 Å². The minimum Gasteiger partial charge on any atom is -0.491 e. The summed E-state index contributed by atoms with van der Waals surface area (Å²) in [4.78, 5) is 13.8. The number of halogens is 5. The van der Waals surface area contributed by atoms with Gasteiger partial charge in [0.15, 0.2) is 22.5 Å². The number of carbonyl (C=O) groups is 1. The monoisotopic (exact) mass is 523 g/mol. The molecule has 0 spiro atoms. The van der Waals surface area contributed by atoms with Gasteiger partial charge in [-0.1, -0.05) is 11.6 Å². The van der Waals surface area contributed by atoms with Crippen LogP contribution in [0, 0.1) is 30.2 Å². The lowest BCUT2D eigenvalue weighted by molar-refractivity contribution is 0.0966. The summed E-state index contributed by atoms with van der Waals surface area (Å²) in [7, 11) is 0.826. The summed E-state index contributed by atoms with van der Waals surface area (Å²) in [6.07, 6.45) is 0. The molecule has 3 aromatic carbocycles. The number of anilines is 1. The van der Waals surface area contributed by atoms with Gasteiger partial charge in [0.05, 0.1) is 12.8 Å². The van der Waals surface area contributed by atoms with Crippen molar-refractivity contribution in [2.45, 2.75) is 6.92 Å². The molecule has 13 heteroatoms. The maximum atomic E-state index is 14.2. The number of hydrogen-bond acceptors (Lipinski definition) is 5. The lowest BCUT2D eigenvalue weighted by atomic mass is 10.1. The molecular formula is C22H14ClF4N5O2S. The Hall–Kier alpha value is -3.77. The second kappa shape index (κ2) is 9.47. The van der Waals surface area contributed by atoms with Crippen molar-refractivity contribution in [3.63, 3.8) is 0 Å². The van der Waals surface area contributed by atoms with Crippen LogP contribution in [0.1, 0.15) is 15.9 Å². The number of ether oxygens (including phenoxy) is 1. The van der Waals surface area contributed by atoms with Crippen LogP contribution < -0.4 is 15.4 Å². The van der Waals surface area contributed by atoms with E-state index in [1.165, 1.54) is 4.80 Å². The third-order valence-electron chi connectivity index (χ3n) is 4.91. The van der Waals surface area contributed by atoms with Gasteiger partial charge in [0.1, 0.15) is 16.6 Å². The number of amides is 1. The summed E-state index contributed by atoms with van der Waals surface area (Å²) in [6, 6.07) is 10.2. The highest BCUT2D eigenvalue weighted by molar-refractivity contribution is 7.80. The van der Waals surface area contributed by atoms with Crippen molar-refractivity contribution >= 4 is 51.6 Å². The maximum absolute atomic E-state index is 14.2. The van der Waals surface area contributed by atoms with Crippen LogP contribution in [0.5, 0.6) is 5.75 Å². The van der Waals surface area contributed by atoms with E-state index in [0.717, 1.165) is 7.11 Å². The van der Waals surface area contributed by atoms with Crippen molar-refractivity contribution < 1.29 is 27.1 Å². The topological polar surface area (TPSA) is 81.1 Å². The number of carbonyl (C=O) groups excluding carboxylic acids is 1. The zero-order chi connectivity index (χ0) is 25.4. The van der Waals surface area contributed by atoms with Crippen LogP contribution in [-0.4, -0.2) is 33.1 Å². The Morgan fingerprint density at radius 3 is 2.14 bits per heavy atom. The first-order chi connectivity index (χ1) is 16.6. The Balaban J connectivity index is 1.57. The summed E-state index contributed by atoms with van der Waals surface area (Å²) in [5.74, 6) is -10.3. The van der Waals surface area contributed by atoms with Gasteiger partial charge in [-0.25, -0.2) is 8.78 Å². The van der Waals surface area contributed by atoms with Gasteiger partial charge < -0.3 is 10.1 Å². The van der Waals surface area contributed by atoms with Crippen LogP contribution in [0.25, 0.3) is 16.7 Å². The van der Waals surface area contributed by atoms with Gasteiger partial charge in [-0.3, -0.25) is 10.1 Å². The smallest absolute Gasteiger partial charge is 0.263 e. The number of aromatic nitrogens is 3. The van der Waals surface area contributed by atoms with Crippen molar-refractivity contribution in [2.75, 3.05) is 12.4 Å². The summed E-state index contributed by atoms with van der Waals surface area (Å²) < 4.78 is 60.6. The molecule has 4 aromatic rings. The fraction of sp³-hybridized carbons (Fsp3) is 0.0909. The third kappa shape index (κ3) is 4.62. The molecule has 0 bridgehead atoms. The maximum Gasteiger partial charge on any atom is 0.263 e. The van der Waals surface area contributed by atoms with Gasteiger partial charge >= 0.3 is 0 Å². The molecule has 0 aliphatic carbocycles. The molecule has 1 heterocycles. The SMILES string of the molecule is COc1c(F)c(F)c(C(=O)NC(=S)Nc2cc3nn(-c4ccc(Cl)cc4)nc3cc2C)c(F)c1F. The first kappa shape index (κ1) is 24.4. The van der Waals surface area contributed by atoms with Crippen molar-refractivity contribution in [1.29, 1.82) is 0 Å². The molecule has 2 N–H and O–H groups in total. The minimum absolute atomic E-state index is 0.377. The molecule has 0 unspecified atom stereocenters. The predicted octanol–water partition coefficient (Wildman–Crippen LogP) is 5.07. The number of methoxy groups -OCH3 is 1. The fourth-order valence-electron chi connectivity index (χ4n) is 3.20. The van der Waals surface area contributed by atoms with Crippen molar-refractivity contribution in [2.24, 2.45) is 0 Å². The quantitative estimate of drug-likeness (QED) is 0.221. The van der Waals surface area contributed by atoms with Crippen molar-refractivity contribution in [3.8, 4) is 11.4 Å². The molecule has 0 aliphatic heterocycles. The molecule has 0 atom stereocenters. The number of nitrogens with one attached hydrogen (secondary N) is 2. The molecule has 1 aromatic heterocycles. The van der Waals surface area contributed by atoms with E-state index in [1.807, 2.05) is 5.32 Å². The lowest BCUT2D eigenvalue weighted by Crippen LogP contribution is -2.35. The van der Waals surface area contributed by atoms with Gasteiger partial charge in [0.25, 0.3) is 5.91 Å². The van der Waals surface area contributed by atoms with Crippen LogP contribution >= 0.6 is 23.8 Å². The number of nitrogens with zero attached hydrogens (tertiary/aromatic N) is 3. The molecule has 7 nitrogen and oxygen atoms in total. The Morgan fingerprint density at radius 2 is 1.57 bits per heavy atom. The van der Waals surface area contributed by atoms with Crippen LogP contribution in [0.3, 0.4) is 0 Å². The minimum atomic E-state index is -1.92. The molecular weight excluding hydrogens is 510 g/mol. The standard InChI is InChI=1S/C22H14ClF4N5O2S/c1-9-7-13-14(31-32(30-13)11-5-3-10(23)4-6-11)8-12(9)28-22(35)29-21(33)15-16(24)18(26)20(34-2)19(27)17(15)25/h3-8H,1-2H3,(H2,28,29,33,35). The number of benzene rings is 3. The Labute approximate surface area is 205 Å². The molecule has 0 aliphatic rings. The zero-order valence-corrected chi connectivity index (χ0v) is 19.5. The molecule has 180 valence electrons. The average molecular weight is 524 g/mol. The molecule has 4 rings (SSSR count). The predicted molar refractivity (Wildman–Crippen MR) is 125 cm³/mol. The van der Waals surface area contributed by atoms with E-state index in [0.29, 0.717) is 33.0 Å². The Bertz CT molecular complexity index is 1460. The van der Waals surface area contributed by atoms with E-state index in [1.54, 1.807) is 43.3 Å². The highest BCUT2D eigenvalue weighted by Gasteiger charge is 2.30. The average Bonchev–Trinajstić information content (AvgIpc) is 3.21. The van der Waals surface area contributed by atoms with E-state index < -0.39 is 40.5 Å². The van der Waals surface area contributed by atoms with Crippen molar-refractivity contribution in [3.05, 3.63) is 75.8 Å². The first-order valence-electron chi connectivity index (χ1n) is 9.76. The summed E-state index contributed by atoms with van der Waals surface area (Å²) >= 11 is 10.9. The molecule has 0 radical (unpaired) electrons. The molecule has 0 saturated heterocycles. The molecule has 35 heavy (non-hydrogen) atoms. The Morgan fingerprint density at radius 1 is 1.00 bits per heavy atom. The molecule has 0 saturated carbocycles. The fourth-order valence-corrected chi connectivity index (χ4v) is 3.53. The van der Waals surface area contributed by atoms with Crippen LogP contribution in [0.15, 0.2) is 36.4 Å². The molecule has 0 fully saturated rings. The normalized spacial score (nSPS) is 10.9. The second-order valence-corrected chi connectivity index (χ2v) is 8.04. The molecule has 1 amide bonds. The zero-order valence-electron chi connectivity index (χ0n) is 17.9. The van der Waals surface area contributed by atoms with E-state index in [-0.39, 0.29) is 5.11 Å². The van der Waals surface area contributed by atoms with E-state index in [9.17, 15) is 22.4 Å². The lowest BCUT2D eigenvalue weighted by Gasteiger charge is -2.13. The third-order valence-corrected chi connectivity index (χ3v) is 5.37. The second-order valence-electron chi connectivity index (χ2n) is 7.19. The van der Waals surface area contributed by atoms with Crippen molar-refractivity contribution in [1.82, 2.24) is 20.3 Å². The first-order valence-corrected chi connectivity index (χ1v) is 10.5. The largest absolute Gasteiger partial charge is 0.491 e. The van der Waals surface area contributed by atoms with Crippen LogP contribution in [-0.2, 0) is 0 Å². The van der Waals surface area contributed by atoms with E-state index >= 15 is 0 Å². The van der Waals surface area contributed by atoms with E-state index in [4.69, 9.17) is 23.8 Å². The van der Waals surface area contributed by atoms with E-state index in [2.05, 4.69) is 20.3 Å². The van der Waals surface area contributed by atoms with Gasteiger partial charge in [0, 0.05) is 10.7 Å². The number of aryl methyl sites for hydroxylation is 1. The van der Waals surface area contributed by atoms with Gasteiger partial charge in [-0.05, 0) is 61.1 Å². The highest BCUT2D eigenvalue weighted by atomic mass is 35.5. The summed E-state index contributed by atoms with van der Waals surface area (Å²) in [5.41, 5.74) is 1.27. The Kier molecular flexibility index (Phi) is 6.59. The highest BCUT2D eigenvalue weighted by Crippen LogP contribution is 2.30. The van der Waals surface area contributed by atoms with Gasteiger partial charge in [0.2, 0.25) is 11.6 Å².